The number of rotatable bonds is 5. The highest BCUT2D eigenvalue weighted by atomic mass is 19.1. The van der Waals surface area contributed by atoms with E-state index in [1.807, 2.05) is 17.7 Å². The molecule has 1 atom stereocenters. The van der Waals surface area contributed by atoms with Crippen molar-refractivity contribution in [2.24, 2.45) is 0 Å². The van der Waals surface area contributed by atoms with Gasteiger partial charge in [0.15, 0.2) is 0 Å². The molecule has 0 aliphatic carbocycles. The fourth-order valence-electron chi connectivity index (χ4n) is 2.15. The van der Waals surface area contributed by atoms with E-state index >= 15 is 0 Å². The minimum Gasteiger partial charge on any atom is -0.306 e. The maximum absolute atomic E-state index is 13.1. The van der Waals surface area contributed by atoms with Crippen molar-refractivity contribution < 1.29 is 4.39 Å². The smallest absolute Gasteiger partial charge is 0.123 e. The van der Waals surface area contributed by atoms with Gasteiger partial charge in [0.25, 0.3) is 0 Å². The van der Waals surface area contributed by atoms with E-state index in [2.05, 4.69) is 30.5 Å². The van der Waals surface area contributed by atoms with Crippen molar-refractivity contribution in [2.75, 3.05) is 0 Å². The molecule has 0 saturated heterocycles. The van der Waals surface area contributed by atoms with E-state index in [9.17, 15) is 4.39 Å². The van der Waals surface area contributed by atoms with E-state index in [-0.39, 0.29) is 11.9 Å². The third-order valence-electron chi connectivity index (χ3n) is 3.28. The summed E-state index contributed by atoms with van der Waals surface area (Å²) in [5.74, 6) is -0.193. The van der Waals surface area contributed by atoms with Crippen molar-refractivity contribution in [3.8, 4) is 0 Å². The van der Waals surface area contributed by atoms with Gasteiger partial charge in [0, 0.05) is 30.9 Å². The van der Waals surface area contributed by atoms with Crippen LogP contribution in [0.4, 0.5) is 4.39 Å². The Morgan fingerprint density at radius 1 is 1.42 bits per heavy atom. The summed E-state index contributed by atoms with van der Waals surface area (Å²) < 4.78 is 15.0. The summed E-state index contributed by atoms with van der Waals surface area (Å²) in [6, 6.07) is 6.87. The number of aryl methyl sites for hydroxylation is 2. The Balaban J connectivity index is 2.00. The SMILES string of the molecule is CCn1cc(C(C)NCc2cccc(F)c2)c(C)n1. The Morgan fingerprint density at radius 2 is 2.21 bits per heavy atom. The molecule has 1 heterocycles. The highest BCUT2D eigenvalue weighted by molar-refractivity contribution is 5.21. The standard InChI is InChI=1S/C15H20FN3/c1-4-19-10-15(12(3)18-19)11(2)17-9-13-6-5-7-14(16)8-13/h5-8,10-11,17H,4,9H2,1-3H3. The summed E-state index contributed by atoms with van der Waals surface area (Å²) in [4.78, 5) is 0. The Kier molecular flexibility index (Phi) is 4.32. The first-order valence-corrected chi connectivity index (χ1v) is 6.62. The van der Waals surface area contributed by atoms with Crippen LogP contribution < -0.4 is 5.32 Å². The number of nitrogens with one attached hydrogen (secondary N) is 1. The quantitative estimate of drug-likeness (QED) is 0.895. The lowest BCUT2D eigenvalue weighted by Crippen LogP contribution is -2.18. The predicted molar refractivity (Wildman–Crippen MR) is 74.3 cm³/mol. The highest BCUT2D eigenvalue weighted by Crippen LogP contribution is 2.16. The van der Waals surface area contributed by atoms with E-state index < -0.39 is 0 Å². The molecule has 1 N–H and O–H groups in total. The number of aromatic nitrogens is 2. The fraction of sp³-hybridized carbons (Fsp3) is 0.400. The summed E-state index contributed by atoms with van der Waals surface area (Å²) in [6.07, 6.45) is 2.07. The van der Waals surface area contributed by atoms with Crippen LogP contribution in [-0.2, 0) is 13.1 Å². The molecule has 2 rings (SSSR count). The number of benzene rings is 1. The first kappa shape index (κ1) is 13.7. The highest BCUT2D eigenvalue weighted by Gasteiger charge is 2.11. The Bertz CT molecular complexity index is 548. The van der Waals surface area contributed by atoms with Crippen LogP contribution in [-0.4, -0.2) is 9.78 Å². The normalized spacial score (nSPS) is 12.6. The minimum atomic E-state index is -0.193. The van der Waals surface area contributed by atoms with Crippen molar-refractivity contribution in [1.82, 2.24) is 15.1 Å². The number of hydrogen-bond donors (Lipinski definition) is 1. The molecule has 2 aromatic rings. The number of hydrogen-bond acceptors (Lipinski definition) is 2. The molecule has 4 heteroatoms. The van der Waals surface area contributed by atoms with Gasteiger partial charge < -0.3 is 5.32 Å². The van der Waals surface area contributed by atoms with Crippen LogP contribution in [0.15, 0.2) is 30.5 Å². The van der Waals surface area contributed by atoms with Crippen LogP contribution in [0.2, 0.25) is 0 Å². The molecule has 0 amide bonds. The second-order valence-corrected chi connectivity index (χ2v) is 4.76. The minimum absolute atomic E-state index is 0.193. The first-order chi connectivity index (χ1) is 9.10. The molecule has 3 nitrogen and oxygen atoms in total. The summed E-state index contributed by atoms with van der Waals surface area (Å²) in [5, 5.41) is 7.84. The average Bonchev–Trinajstić information content (AvgIpc) is 2.77. The van der Waals surface area contributed by atoms with Gasteiger partial charge in [-0.3, -0.25) is 4.68 Å². The van der Waals surface area contributed by atoms with Gasteiger partial charge in [0.1, 0.15) is 5.82 Å². The summed E-state index contributed by atoms with van der Waals surface area (Å²) in [7, 11) is 0. The Morgan fingerprint density at radius 3 is 2.84 bits per heavy atom. The zero-order valence-electron chi connectivity index (χ0n) is 11.7. The van der Waals surface area contributed by atoms with E-state index in [0.29, 0.717) is 6.54 Å². The third kappa shape index (κ3) is 3.41. The molecule has 1 unspecified atom stereocenters. The largest absolute Gasteiger partial charge is 0.306 e. The van der Waals surface area contributed by atoms with Crippen molar-refractivity contribution >= 4 is 0 Å². The van der Waals surface area contributed by atoms with Gasteiger partial charge >= 0.3 is 0 Å². The topological polar surface area (TPSA) is 29.9 Å². The van der Waals surface area contributed by atoms with Crippen molar-refractivity contribution in [3.63, 3.8) is 0 Å². The molecular weight excluding hydrogens is 241 g/mol. The zero-order chi connectivity index (χ0) is 13.8. The van der Waals surface area contributed by atoms with Crippen molar-refractivity contribution in [2.45, 2.75) is 39.9 Å². The summed E-state index contributed by atoms with van der Waals surface area (Å²) >= 11 is 0. The lowest BCUT2D eigenvalue weighted by molar-refractivity contribution is 0.566. The van der Waals surface area contributed by atoms with Gasteiger partial charge in [-0.15, -0.1) is 0 Å². The van der Waals surface area contributed by atoms with Gasteiger partial charge in [0.05, 0.1) is 5.69 Å². The molecule has 0 fully saturated rings. The maximum atomic E-state index is 13.1. The van der Waals surface area contributed by atoms with Gasteiger partial charge in [-0.25, -0.2) is 4.39 Å². The molecule has 0 spiro atoms. The van der Waals surface area contributed by atoms with E-state index in [1.54, 1.807) is 12.1 Å². The average molecular weight is 261 g/mol. The van der Waals surface area contributed by atoms with Crippen LogP contribution in [0, 0.1) is 12.7 Å². The van der Waals surface area contributed by atoms with Crippen LogP contribution in [0.25, 0.3) is 0 Å². The van der Waals surface area contributed by atoms with Crippen LogP contribution in [0.3, 0.4) is 0 Å². The zero-order valence-corrected chi connectivity index (χ0v) is 11.7. The molecule has 19 heavy (non-hydrogen) atoms. The lowest BCUT2D eigenvalue weighted by Gasteiger charge is -2.13. The molecule has 102 valence electrons. The molecule has 0 bridgehead atoms. The lowest BCUT2D eigenvalue weighted by atomic mass is 10.1. The number of nitrogens with zero attached hydrogens (tertiary/aromatic N) is 2. The third-order valence-corrected chi connectivity index (χ3v) is 3.28. The Labute approximate surface area is 113 Å². The fourth-order valence-corrected chi connectivity index (χ4v) is 2.15. The second kappa shape index (κ2) is 5.97. The number of halogens is 1. The predicted octanol–water partition coefficient (Wildman–Crippen LogP) is 3.20. The van der Waals surface area contributed by atoms with E-state index in [1.165, 1.54) is 11.6 Å². The maximum Gasteiger partial charge on any atom is 0.123 e. The van der Waals surface area contributed by atoms with Crippen LogP contribution >= 0.6 is 0 Å². The van der Waals surface area contributed by atoms with Crippen molar-refractivity contribution in [1.29, 1.82) is 0 Å². The molecule has 0 saturated carbocycles. The summed E-state index contributed by atoms with van der Waals surface area (Å²) in [6.45, 7) is 7.71. The molecule has 1 aromatic heterocycles. The summed E-state index contributed by atoms with van der Waals surface area (Å²) in [5.41, 5.74) is 3.19. The van der Waals surface area contributed by atoms with Gasteiger partial charge in [-0.1, -0.05) is 12.1 Å². The molecular formula is C15H20FN3. The first-order valence-electron chi connectivity index (χ1n) is 6.62. The van der Waals surface area contributed by atoms with Gasteiger partial charge in [0.2, 0.25) is 0 Å². The van der Waals surface area contributed by atoms with Crippen molar-refractivity contribution in [3.05, 3.63) is 53.1 Å². The molecule has 0 radical (unpaired) electrons. The second-order valence-electron chi connectivity index (χ2n) is 4.76. The van der Waals surface area contributed by atoms with Gasteiger partial charge in [-0.2, -0.15) is 5.10 Å². The molecule has 0 aliphatic heterocycles. The van der Waals surface area contributed by atoms with E-state index in [4.69, 9.17) is 0 Å². The van der Waals surface area contributed by atoms with E-state index in [0.717, 1.165) is 17.8 Å². The van der Waals surface area contributed by atoms with Crippen LogP contribution in [0.1, 0.15) is 36.7 Å². The van der Waals surface area contributed by atoms with Gasteiger partial charge in [-0.05, 0) is 38.5 Å². The molecule has 1 aromatic carbocycles. The molecule has 0 aliphatic rings. The monoisotopic (exact) mass is 261 g/mol. The van der Waals surface area contributed by atoms with Crippen LogP contribution in [0.5, 0.6) is 0 Å². The Hall–Kier alpha value is -1.68.